The summed E-state index contributed by atoms with van der Waals surface area (Å²) in [5.41, 5.74) is 10.2. The van der Waals surface area contributed by atoms with E-state index in [0.29, 0.717) is 11.5 Å². The summed E-state index contributed by atoms with van der Waals surface area (Å²) in [4.78, 5) is 16.6. The average molecular weight is 1010 g/mol. The predicted molar refractivity (Wildman–Crippen MR) is 248 cm³/mol. The van der Waals surface area contributed by atoms with Crippen molar-refractivity contribution < 1.29 is 25.8 Å². The largest absolute Gasteiger partial charge is 0.509 e. The molecule has 11 rings (SSSR count). The second-order valence-corrected chi connectivity index (χ2v) is 19.7. The molecule has 3 aliphatic rings. The number of fused-ring (bicyclic) bond motifs is 7. The Kier molecular flexibility index (Phi) is 9.70. The van der Waals surface area contributed by atoms with Crippen LogP contribution in [0.2, 0.25) is 0 Å². The Bertz CT molecular complexity index is 3000. The summed E-state index contributed by atoms with van der Waals surface area (Å²) in [5, 5.41) is 2.28. The van der Waals surface area contributed by atoms with E-state index in [-0.39, 0.29) is 31.9 Å². The van der Waals surface area contributed by atoms with Gasteiger partial charge in [-0.1, -0.05) is 107 Å². The van der Waals surface area contributed by atoms with Crippen LogP contribution in [0, 0.1) is 18.8 Å². The minimum absolute atomic E-state index is 0. The second-order valence-electron chi connectivity index (χ2n) is 17.6. The molecule has 61 heavy (non-hydrogen) atoms. The maximum atomic E-state index is 6.57. The minimum atomic E-state index is -0.0237. The van der Waals surface area contributed by atoms with Crippen molar-refractivity contribution in [1.82, 2.24) is 9.55 Å². The third-order valence-electron chi connectivity index (χ3n) is 11.4. The summed E-state index contributed by atoms with van der Waals surface area (Å²) in [6.45, 7) is 15.6. The van der Waals surface area contributed by atoms with Gasteiger partial charge in [-0.2, -0.15) is 12.1 Å². The zero-order valence-corrected chi connectivity index (χ0v) is 38.5. The Morgan fingerprint density at radius 3 is 1.97 bits per heavy atom. The van der Waals surface area contributed by atoms with Crippen LogP contribution < -0.4 is 19.4 Å². The van der Waals surface area contributed by atoms with Gasteiger partial charge in [-0.05, 0) is 94.3 Å². The van der Waals surface area contributed by atoms with Crippen molar-refractivity contribution in [3.8, 4) is 17.3 Å². The third-order valence-corrected chi connectivity index (χ3v) is 13.6. The Hall–Kier alpha value is -5.40. The molecular weight excluding hydrogens is 970 g/mol. The fraction of sp³-hybridized carbons (Fsp3) is 0.154. The first-order chi connectivity index (χ1) is 29.0. The molecule has 9 heteroatoms. The Labute approximate surface area is 380 Å². The quantitative estimate of drug-likeness (QED) is 0.159. The zero-order valence-electron chi connectivity index (χ0n) is 34.6. The summed E-state index contributed by atoms with van der Waals surface area (Å²) in [6, 6.07) is 50.4. The molecule has 6 nitrogen and oxygen atoms in total. The molecule has 0 radical (unpaired) electrons. The summed E-state index contributed by atoms with van der Waals surface area (Å²) >= 11 is 3.67. The van der Waals surface area contributed by atoms with Gasteiger partial charge in [0, 0.05) is 69.5 Å². The van der Waals surface area contributed by atoms with Gasteiger partial charge in [-0.3, -0.25) is 0 Å². The number of benzene rings is 6. The average Bonchev–Trinajstić information content (AvgIpc) is 3.86. The number of ether oxygens (including phenoxy) is 1. The number of nitrogens with zero attached hydrogens (tertiary/aromatic N) is 5. The monoisotopic (exact) mass is 1010 g/mol. The Morgan fingerprint density at radius 2 is 1.26 bits per heavy atom. The van der Waals surface area contributed by atoms with Crippen LogP contribution >= 0.6 is 23.5 Å². The molecule has 306 valence electrons. The first-order valence-electron chi connectivity index (χ1n) is 20.3. The van der Waals surface area contributed by atoms with Crippen molar-refractivity contribution in [2.45, 2.75) is 72.0 Å². The molecule has 0 atom stereocenters. The van der Waals surface area contributed by atoms with E-state index in [0.717, 1.165) is 33.6 Å². The predicted octanol–water partition coefficient (Wildman–Crippen LogP) is 14.5. The molecule has 3 aliphatic heterocycles. The SMILES string of the molecule is CC(C)(C)c1ccnc(-n2c3[c-]c(Oc4[c-]c(N5C=CN(c6cc7c8c(c6)Sc6ccccc6N8c6ccccc6S7)[CH-]5)ccc4)ccc3c3cc(C(C)(C)C)ccc32)c1.[Pt]. The van der Waals surface area contributed by atoms with Crippen molar-refractivity contribution in [3.63, 3.8) is 0 Å². The van der Waals surface area contributed by atoms with Gasteiger partial charge in [0.1, 0.15) is 5.82 Å². The van der Waals surface area contributed by atoms with Crippen LogP contribution in [-0.4, -0.2) is 9.55 Å². The van der Waals surface area contributed by atoms with Gasteiger partial charge in [-0.25, -0.2) is 4.98 Å². The molecule has 0 unspecified atom stereocenters. The number of hydrogen-bond acceptors (Lipinski definition) is 7. The van der Waals surface area contributed by atoms with Crippen LogP contribution in [0.5, 0.6) is 11.5 Å². The van der Waals surface area contributed by atoms with Crippen LogP contribution in [0.1, 0.15) is 52.7 Å². The number of pyridine rings is 1. The maximum absolute atomic E-state index is 6.57. The molecular formula is C52H42N5OPtS2-3. The summed E-state index contributed by atoms with van der Waals surface area (Å²) in [5.74, 6) is 2.08. The number of para-hydroxylation sites is 2. The van der Waals surface area contributed by atoms with Gasteiger partial charge in [-0.15, -0.1) is 48.1 Å². The molecule has 2 aromatic heterocycles. The van der Waals surface area contributed by atoms with Crippen LogP contribution in [-0.2, 0) is 31.9 Å². The smallest absolute Gasteiger partial charge is 0.135 e. The van der Waals surface area contributed by atoms with Gasteiger partial charge in [0.05, 0.1) is 17.1 Å². The van der Waals surface area contributed by atoms with Crippen molar-refractivity contribution in [2.24, 2.45) is 0 Å². The molecule has 0 saturated carbocycles. The van der Waals surface area contributed by atoms with E-state index >= 15 is 0 Å². The number of hydrogen-bond donors (Lipinski definition) is 0. The first kappa shape index (κ1) is 39.7. The van der Waals surface area contributed by atoms with Crippen LogP contribution in [0.15, 0.2) is 160 Å². The summed E-state index contributed by atoms with van der Waals surface area (Å²) < 4.78 is 8.80. The molecule has 6 aromatic carbocycles. The molecule has 0 aliphatic carbocycles. The van der Waals surface area contributed by atoms with E-state index in [2.05, 4.69) is 195 Å². The topological polar surface area (TPSA) is 36.8 Å². The Morgan fingerprint density at radius 1 is 0.607 bits per heavy atom. The fourth-order valence-corrected chi connectivity index (χ4v) is 10.6. The van der Waals surface area contributed by atoms with Gasteiger partial charge < -0.3 is 24.0 Å². The van der Waals surface area contributed by atoms with Crippen molar-refractivity contribution in [2.75, 3.05) is 14.7 Å². The maximum Gasteiger partial charge on any atom is 0.135 e. The van der Waals surface area contributed by atoms with Gasteiger partial charge in [0.15, 0.2) is 0 Å². The molecule has 0 saturated heterocycles. The molecule has 0 amide bonds. The molecule has 8 aromatic rings. The van der Waals surface area contributed by atoms with E-state index < -0.39 is 0 Å². The van der Waals surface area contributed by atoms with Gasteiger partial charge >= 0.3 is 0 Å². The normalized spacial score (nSPS) is 14.2. The van der Waals surface area contributed by atoms with Crippen LogP contribution in [0.4, 0.5) is 28.4 Å². The summed E-state index contributed by atoms with van der Waals surface area (Å²) in [6.07, 6.45) is 6.08. The second kappa shape index (κ2) is 14.9. The molecule has 5 heterocycles. The van der Waals surface area contributed by atoms with Gasteiger partial charge in [0.2, 0.25) is 0 Å². The van der Waals surface area contributed by atoms with Gasteiger partial charge in [0.25, 0.3) is 0 Å². The number of aromatic nitrogens is 2. The standard InChI is InChI=1S/C52H42N5OS2.Pt/c1-51(2,3)33-18-21-41-40(26-33)39-20-19-38(31-44(39)56(41)49-27-34(22-23-53-49)52(4,5)6)58-37-13-11-12-35(28-37)54-24-25-55(32-54)36-29-47-50-48(30-36)60-46-17-10-8-15-43(46)57(50)42-14-7-9-16-45(42)59-47;/h7-27,29-30,32H,1-6H3;/q-3;. The third kappa shape index (κ3) is 6.93. The zero-order chi connectivity index (χ0) is 40.9. The van der Waals surface area contributed by atoms with Crippen LogP contribution in [0.3, 0.4) is 0 Å². The van der Waals surface area contributed by atoms with Crippen molar-refractivity contribution >= 4 is 73.8 Å². The van der Waals surface area contributed by atoms with Crippen LogP contribution in [0.25, 0.3) is 27.6 Å². The van der Waals surface area contributed by atoms with E-state index in [1.807, 2.05) is 47.9 Å². The van der Waals surface area contributed by atoms with Crippen molar-refractivity contribution in [3.05, 3.63) is 170 Å². The van der Waals surface area contributed by atoms with E-state index in [1.54, 1.807) is 0 Å². The number of rotatable bonds is 5. The Balaban J connectivity index is 0.00000445. The minimum Gasteiger partial charge on any atom is -0.509 e. The molecule has 0 spiro atoms. The van der Waals surface area contributed by atoms with Crippen molar-refractivity contribution in [1.29, 1.82) is 0 Å². The first-order valence-corrected chi connectivity index (χ1v) is 21.9. The fourth-order valence-electron chi connectivity index (χ4n) is 8.27. The molecule has 0 bridgehead atoms. The summed E-state index contributed by atoms with van der Waals surface area (Å²) in [7, 11) is 0. The van der Waals surface area contributed by atoms with E-state index in [9.17, 15) is 0 Å². The van der Waals surface area contributed by atoms with E-state index in [4.69, 9.17) is 9.72 Å². The van der Waals surface area contributed by atoms with E-state index in [1.165, 1.54) is 53.2 Å². The molecule has 0 N–H and O–H groups in total. The number of anilines is 5. The molecule has 0 fully saturated rings.